The first-order valence-corrected chi connectivity index (χ1v) is 14.2. The molecule has 1 saturated carbocycles. The lowest BCUT2D eigenvalue weighted by atomic mass is 9.85. The van der Waals surface area contributed by atoms with Gasteiger partial charge in [-0.3, -0.25) is 19.1 Å². The van der Waals surface area contributed by atoms with Crippen LogP contribution in [0, 0.1) is 23.1 Å². The van der Waals surface area contributed by atoms with E-state index in [9.17, 15) is 18.8 Å². The van der Waals surface area contributed by atoms with Gasteiger partial charge in [-0.05, 0) is 62.9 Å². The molecular weight excluding hydrogens is 513 g/mol. The van der Waals surface area contributed by atoms with E-state index in [1.165, 1.54) is 12.1 Å². The number of rotatable bonds is 8. The summed E-state index contributed by atoms with van der Waals surface area (Å²) in [4.78, 5) is 44.1. The van der Waals surface area contributed by atoms with Gasteiger partial charge in [0.25, 0.3) is 0 Å². The number of amides is 3. The van der Waals surface area contributed by atoms with E-state index in [4.69, 9.17) is 0 Å². The fourth-order valence-electron chi connectivity index (χ4n) is 6.04. The van der Waals surface area contributed by atoms with Crippen LogP contribution in [0.5, 0.6) is 0 Å². The summed E-state index contributed by atoms with van der Waals surface area (Å²) in [5, 5.41) is 14.5. The Morgan fingerprint density at radius 3 is 2.42 bits per heavy atom. The minimum atomic E-state index is -0.708. The maximum atomic E-state index is 14.1. The molecule has 5 atom stereocenters. The number of carbonyl (C=O) groups is 3. The van der Waals surface area contributed by atoms with Gasteiger partial charge >= 0.3 is 0 Å². The molecule has 3 fully saturated rings. The summed E-state index contributed by atoms with van der Waals surface area (Å²) in [6.07, 6.45) is 4.38. The third-order valence-corrected chi connectivity index (χ3v) is 8.55. The van der Waals surface area contributed by atoms with Crippen LogP contribution < -0.4 is 10.6 Å². The number of hydrogen-bond acceptors (Lipinski definition) is 6. The molecule has 3 amide bonds. The Bertz CT molecular complexity index is 1250. The van der Waals surface area contributed by atoms with E-state index in [1.807, 2.05) is 36.8 Å². The van der Waals surface area contributed by atoms with Gasteiger partial charge in [0, 0.05) is 37.0 Å². The third-order valence-electron chi connectivity index (χ3n) is 8.55. The molecule has 0 bridgehead atoms. The van der Waals surface area contributed by atoms with Gasteiger partial charge in [0.05, 0.1) is 24.3 Å². The van der Waals surface area contributed by atoms with E-state index >= 15 is 0 Å². The monoisotopic (exact) mass is 553 g/mol. The van der Waals surface area contributed by atoms with Crippen LogP contribution in [0.2, 0.25) is 0 Å². The Labute approximate surface area is 234 Å². The van der Waals surface area contributed by atoms with Gasteiger partial charge in [-0.15, -0.1) is 5.10 Å². The SMILES string of the molecule is CN[C@@H](C)C(=O)N[C@H](C(=O)N1CC[C@@H]2[C@H]1[C@@H](Cn1cc(-c3ccc(F)cc3)nn1)CN2C(=O)C1CC1)C(C)(C)C. The van der Waals surface area contributed by atoms with Crippen LogP contribution in [0.1, 0.15) is 47.0 Å². The predicted molar refractivity (Wildman–Crippen MR) is 147 cm³/mol. The highest BCUT2D eigenvalue weighted by atomic mass is 19.1. The first kappa shape index (κ1) is 28.2. The lowest BCUT2D eigenvalue weighted by molar-refractivity contribution is -0.141. The number of carbonyl (C=O) groups excluding carboxylic acids is 3. The maximum absolute atomic E-state index is 14.1. The zero-order valence-corrected chi connectivity index (χ0v) is 23.9. The second-order valence-electron chi connectivity index (χ2n) is 12.6. The molecular formula is C29H40FN7O3. The van der Waals surface area contributed by atoms with Crippen molar-refractivity contribution >= 4 is 17.7 Å². The third kappa shape index (κ3) is 5.61. The second kappa shape index (κ2) is 10.9. The highest BCUT2D eigenvalue weighted by Crippen LogP contribution is 2.41. The van der Waals surface area contributed by atoms with E-state index in [2.05, 4.69) is 20.9 Å². The van der Waals surface area contributed by atoms with Crippen molar-refractivity contribution < 1.29 is 18.8 Å². The molecule has 10 nitrogen and oxygen atoms in total. The van der Waals surface area contributed by atoms with Crippen LogP contribution in [0.25, 0.3) is 11.3 Å². The summed E-state index contributed by atoms with van der Waals surface area (Å²) >= 11 is 0. The molecule has 0 radical (unpaired) electrons. The Kier molecular flexibility index (Phi) is 7.69. The van der Waals surface area contributed by atoms with Crippen molar-refractivity contribution in [1.29, 1.82) is 0 Å². The summed E-state index contributed by atoms with van der Waals surface area (Å²) in [6, 6.07) is 4.73. The van der Waals surface area contributed by atoms with Gasteiger partial charge in [0.15, 0.2) is 0 Å². The fourth-order valence-corrected chi connectivity index (χ4v) is 6.04. The normalized spacial score (nSPS) is 24.1. The van der Waals surface area contributed by atoms with Gasteiger partial charge in [-0.1, -0.05) is 26.0 Å². The van der Waals surface area contributed by atoms with Gasteiger partial charge in [-0.25, -0.2) is 4.39 Å². The lowest BCUT2D eigenvalue weighted by Gasteiger charge is -2.37. The molecule has 2 aromatic rings. The standard InChI is InChI=1S/C29H40FN7O3/c1-17(31-5)26(38)32-25(29(2,3)4)28(40)36-13-12-23-24(36)20(15-37(23)27(39)19-6-7-19)14-35-16-22(33-34-35)18-8-10-21(30)11-9-18/h8-11,16-17,19-20,23-25,31H,6-7,12-15H2,1-5H3,(H,32,38)/t17-,20-,23+,24+,25+/m0/s1. The second-order valence-corrected chi connectivity index (χ2v) is 12.6. The molecule has 0 spiro atoms. The Morgan fingerprint density at radius 1 is 1.10 bits per heavy atom. The molecule has 0 unspecified atom stereocenters. The van der Waals surface area contributed by atoms with E-state index in [1.54, 1.807) is 30.8 Å². The van der Waals surface area contributed by atoms with Crippen LogP contribution in [0.3, 0.4) is 0 Å². The molecule has 11 heteroatoms. The van der Waals surface area contributed by atoms with E-state index in [-0.39, 0.29) is 47.5 Å². The smallest absolute Gasteiger partial charge is 0.246 e. The summed E-state index contributed by atoms with van der Waals surface area (Å²) in [5.41, 5.74) is 0.889. The lowest BCUT2D eigenvalue weighted by Crippen LogP contribution is -2.59. The Hall–Kier alpha value is -3.34. The molecule has 40 heavy (non-hydrogen) atoms. The molecule has 216 valence electrons. The first-order valence-electron chi connectivity index (χ1n) is 14.2. The number of halogens is 1. The van der Waals surface area contributed by atoms with Crippen LogP contribution in [-0.4, -0.2) is 86.8 Å². The van der Waals surface area contributed by atoms with Crippen LogP contribution in [0.15, 0.2) is 30.5 Å². The zero-order valence-electron chi connectivity index (χ0n) is 23.9. The summed E-state index contributed by atoms with van der Waals surface area (Å²) in [6.45, 7) is 9.18. The number of likely N-dealkylation sites (tertiary alicyclic amines) is 2. The van der Waals surface area contributed by atoms with Gasteiger partial charge in [0.2, 0.25) is 17.7 Å². The predicted octanol–water partition coefficient (Wildman–Crippen LogP) is 2.06. The van der Waals surface area contributed by atoms with Gasteiger partial charge < -0.3 is 20.4 Å². The number of hydrogen-bond donors (Lipinski definition) is 2. The molecule has 3 heterocycles. The number of likely N-dealkylation sites (N-methyl/N-ethyl adjacent to an activating group) is 1. The summed E-state index contributed by atoms with van der Waals surface area (Å²) < 4.78 is 15.1. The molecule has 2 aliphatic heterocycles. The van der Waals surface area contributed by atoms with Crippen molar-refractivity contribution in [2.75, 3.05) is 20.1 Å². The summed E-state index contributed by atoms with van der Waals surface area (Å²) in [7, 11) is 1.71. The van der Waals surface area contributed by atoms with Crippen LogP contribution in [-0.2, 0) is 20.9 Å². The minimum Gasteiger partial charge on any atom is -0.342 e. The Balaban J connectivity index is 1.40. The zero-order chi connectivity index (χ0) is 28.8. The maximum Gasteiger partial charge on any atom is 0.246 e. The quantitative estimate of drug-likeness (QED) is 0.518. The number of nitrogens with zero attached hydrogens (tertiary/aromatic N) is 5. The van der Waals surface area contributed by atoms with E-state index < -0.39 is 17.5 Å². The molecule has 1 aromatic heterocycles. The minimum absolute atomic E-state index is 0.0468. The molecule has 1 aliphatic carbocycles. The van der Waals surface area contributed by atoms with Crippen molar-refractivity contribution in [2.24, 2.45) is 17.3 Å². The largest absolute Gasteiger partial charge is 0.342 e. The average Bonchev–Trinajstić information content (AvgIpc) is 3.35. The highest BCUT2D eigenvalue weighted by Gasteiger charge is 2.54. The van der Waals surface area contributed by atoms with Crippen molar-refractivity contribution in [3.63, 3.8) is 0 Å². The molecule has 2 N–H and O–H groups in total. The number of aromatic nitrogens is 3. The van der Waals surface area contributed by atoms with Crippen LogP contribution >= 0.6 is 0 Å². The topological polar surface area (TPSA) is 112 Å². The molecule has 5 rings (SSSR count). The Morgan fingerprint density at radius 2 is 1.80 bits per heavy atom. The molecule has 2 saturated heterocycles. The van der Waals surface area contributed by atoms with Gasteiger partial charge in [-0.2, -0.15) is 0 Å². The average molecular weight is 554 g/mol. The number of benzene rings is 1. The van der Waals surface area contributed by atoms with E-state index in [0.29, 0.717) is 31.7 Å². The van der Waals surface area contributed by atoms with E-state index in [0.717, 1.165) is 18.4 Å². The summed E-state index contributed by atoms with van der Waals surface area (Å²) in [5.74, 6) is -0.436. The van der Waals surface area contributed by atoms with Crippen molar-refractivity contribution in [3.8, 4) is 11.3 Å². The van der Waals surface area contributed by atoms with Crippen molar-refractivity contribution in [2.45, 2.75) is 77.7 Å². The number of nitrogens with one attached hydrogen (secondary N) is 2. The number of fused-ring (bicyclic) bond motifs is 1. The first-order chi connectivity index (χ1) is 19.0. The van der Waals surface area contributed by atoms with Gasteiger partial charge in [0.1, 0.15) is 17.6 Å². The van der Waals surface area contributed by atoms with Crippen molar-refractivity contribution in [1.82, 2.24) is 35.4 Å². The fraction of sp³-hybridized carbons (Fsp3) is 0.621. The molecule has 1 aromatic carbocycles. The van der Waals surface area contributed by atoms with Crippen molar-refractivity contribution in [3.05, 3.63) is 36.3 Å². The van der Waals surface area contributed by atoms with Crippen LogP contribution in [0.4, 0.5) is 4.39 Å². The highest BCUT2D eigenvalue weighted by molar-refractivity contribution is 5.91. The molecule has 3 aliphatic rings.